The van der Waals surface area contributed by atoms with Crippen molar-refractivity contribution in [1.82, 2.24) is 30.2 Å². The zero-order valence-electron chi connectivity index (χ0n) is 89.2. The second-order valence-electron chi connectivity index (χ2n) is 47.2. The molecule has 15 nitrogen and oxygen atoms in total. The van der Waals surface area contributed by atoms with Crippen LogP contribution in [0.15, 0.2) is 197 Å². The molecular weight excluding hydrogens is 1730 g/mol. The van der Waals surface area contributed by atoms with Gasteiger partial charge < -0.3 is 40.3 Å². The molecule has 3 aliphatic heterocycles. The lowest BCUT2D eigenvalue weighted by Crippen LogP contribution is -2.41. The molecule has 8 aromatic rings. The third-order valence-corrected chi connectivity index (χ3v) is 27.8. The highest BCUT2D eigenvalue weighted by Crippen LogP contribution is 2.40. The second-order valence-corrected chi connectivity index (χ2v) is 47.2. The van der Waals surface area contributed by atoms with Gasteiger partial charge in [-0.15, -0.1) is 0 Å². The number of benzene rings is 8. The average molecular weight is 1890 g/mol. The maximum absolute atomic E-state index is 12.6. The van der Waals surface area contributed by atoms with Crippen LogP contribution in [0.25, 0.3) is 42.5 Å². The molecule has 0 atom stereocenters. The van der Waals surface area contributed by atoms with Crippen LogP contribution in [-0.4, -0.2) is 140 Å². The number of ether oxygens (including phenoxy) is 1. The summed E-state index contributed by atoms with van der Waals surface area (Å²) < 4.78 is 5.31. The van der Waals surface area contributed by atoms with E-state index in [1.54, 1.807) is 19.0 Å². The van der Waals surface area contributed by atoms with E-state index in [0.717, 1.165) is 148 Å². The molecule has 742 valence electrons. The Bertz CT molecular complexity index is 6040. The fourth-order valence-electron chi connectivity index (χ4n) is 18.7. The molecule has 8 aromatic carbocycles. The summed E-state index contributed by atoms with van der Waals surface area (Å²) in [5, 5.41) is 8.86. The molecular formula is C125H159N7O8. The van der Waals surface area contributed by atoms with Gasteiger partial charge in [0.25, 0.3) is 5.91 Å². The molecule has 3 heterocycles. The second kappa shape index (κ2) is 45.0. The summed E-state index contributed by atoms with van der Waals surface area (Å²) >= 11 is 0. The van der Waals surface area contributed by atoms with Gasteiger partial charge in [-0.2, -0.15) is 0 Å². The highest BCUT2D eigenvalue weighted by molar-refractivity contribution is 6.09. The average Bonchev–Trinajstić information content (AvgIpc) is 1.57. The first kappa shape index (κ1) is 107. The van der Waals surface area contributed by atoms with Gasteiger partial charge >= 0.3 is 0 Å². The van der Waals surface area contributed by atoms with Gasteiger partial charge in [0.1, 0.15) is 0 Å². The summed E-state index contributed by atoms with van der Waals surface area (Å²) in [6.45, 7) is 59.7. The molecule has 15 heteroatoms. The number of rotatable bonds is 11. The van der Waals surface area contributed by atoms with Crippen LogP contribution in [-0.2, 0) is 121 Å². The lowest BCUT2D eigenvalue weighted by Gasteiger charge is -2.27. The van der Waals surface area contributed by atoms with Crippen molar-refractivity contribution in [3.8, 4) is 0 Å². The maximum atomic E-state index is 12.6. The van der Waals surface area contributed by atoms with Crippen molar-refractivity contribution in [2.24, 2.45) is 0 Å². The number of carbonyl (C=O) groups is 7. The number of anilines is 1. The Morgan fingerprint density at radius 2 is 0.564 bits per heavy atom. The normalized spacial score (nSPS) is 15.9. The van der Waals surface area contributed by atoms with Crippen LogP contribution in [0.3, 0.4) is 0 Å². The zero-order valence-corrected chi connectivity index (χ0v) is 89.2. The minimum Gasteiger partial charge on any atom is -0.378 e. The minimum atomic E-state index is -0.0142. The standard InChI is InChI=1S/C20H21NO.C19H25NO.C18H23NO2.C18H23NO.2C17H23NO.C16H21NO/c1-20(2,3)17-10-9-14-11-16(12-15(14)13-17)19(22)21-18-7-5-4-6-8-18;1-19(2,3)17-8-7-14-11-16(12-15(14)13-17)18(21)20-9-5-4-6-10-20;1-18(2,3)16-5-4-13-10-15(11-14(13)12-16)17(20)19-6-8-21-9-7-19;1-18(2,3)16-7-6-13-10-15(11-14(13)12-16)17(20)19-8-4-5-9-19;1-11(2)18-16(19)14-8-12-6-7-15(17(3,4)5)10-13(12)9-14;1-5-8-18-16(19)14-9-12-6-7-15(17(2,3)4)11-13(12)10-14;1-16(2,3)14-7-6-11-8-13(9-12(11)10-14)15(18)17(4)5/h4-10,12-13H,11H2,1-3H3,(H,21,22);7-8,12-13H,4-6,9-11H2,1-3H3;4-5,11-12H,6-10H2,1-3H3;6-7,11-12H,4-5,8-10H2,1-3H3;6-7,9-11H,8H2,1-5H3,(H,18,19);6-7,10-11H,5,8-9H2,1-4H3,(H,18,19);6-7,9-10H,8H2,1-5H3. The summed E-state index contributed by atoms with van der Waals surface area (Å²) in [5.74, 6) is 0.910. The Hall–Kier alpha value is -11.8. The molecule has 3 fully saturated rings. The maximum Gasteiger partial charge on any atom is 0.251 e. The largest absolute Gasteiger partial charge is 0.378 e. The summed E-state index contributed by atoms with van der Waals surface area (Å²) in [7, 11) is 3.60. The smallest absolute Gasteiger partial charge is 0.251 e. The molecule has 10 aliphatic rings. The number of carbonyl (C=O) groups excluding carboxylic acids is 7. The first-order chi connectivity index (χ1) is 65.7. The highest BCUT2D eigenvalue weighted by Gasteiger charge is 2.33. The number of nitrogens with zero attached hydrogens (tertiary/aromatic N) is 4. The predicted molar refractivity (Wildman–Crippen MR) is 582 cm³/mol. The molecule has 0 saturated carbocycles. The van der Waals surface area contributed by atoms with Gasteiger partial charge in [0.05, 0.1) is 13.2 Å². The fourth-order valence-corrected chi connectivity index (χ4v) is 18.7. The Morgan fingerprint density at radius 3 is 0.843 bits per heavy atom. The van der Waals surface area contributed by atoms with E-state index in [-0.39, 0.29) is 85.3 Å². The van der Waals surface area contributed by atoms with Crippen LogP contribution < -0.4 is 16.0 Å². The van der Waals surface area contributed by atoms with Gasteiger partial charge in [-0.05, 0) is 262 Å². The Morgan fingerprint density at radius 1 is 0.314 bits per heavy atom. The number of piperidine rings is 1. The molecule has 7 amide bonds. The molecule has 7 aliphatic carbocycles. The fraction of sp³-hybridized carbons (Fsp3) is 0.448. The zero-order chi connectivity index (χ0) is 102. The van der Waals surface area contributed by atoms with Gasteiger partial charge in [0.2, 0.25) is 35.4 Å². The number of hydrogen-bond acceptors (Lipinski definition) is 8. The molecule has 0 unspecified atom stereocenters. The molecule has 140 heavy (non-hydrogen) atoms. The number of nitrogens with one attached hydrogen (secondary N) is 3. The molecule has 0 spiro atoms. The Kier molecular flexibility index (Phi) is 34.4. The van der Waals surface area contributed by atoms with Gasteiger partial charge in [0, 0.05) is 156 Å². The van der Waals surface area contributed by atoms with Crippen LogP contribution in [0.4, 0.5) is 5.69 Å². The number of fused-ring (bicyclic) bond motifs is 7. The summed E-state index contributed by atoms with van der Waals surface area (Å²) in [5.41, 5.74) is 34.7. The summed E-state index contributed by atoms with van der Waals surface area (Å²) in [6.07, 6.45) is 26.6. The van der Waals surface area contributed by atoms with E-state index in [1.807, 2.05) is 83.2 Å². The number of morpholine rings is 1. The Labute approximate surface area is 838 Å². The summed E-state index contributed by atoms with van der Waals surface area (Å²) in [4.78, 5) is 93.5. The van der Waals surface area contributed by atoms with E-state index >= 15 is 0 Å². The molecule has 3 saturated heterocycles. The topological polar surface area (TPSA) is 178 Å². The van der Waals surface area contributed by atoms with Crippen molar-refractivity contribution in [2.45, 2.75) is 294 Å². The Balaban J connectivity index is 0.000000146. The summed E-state index contributed by atoms with van der Waals surface area (Å²) in [6, 6.07) is 55.8. The van der Waals surface area contributed by atoms with Crippen molar-refractivity contribution in [3.05, 3.63) is 314 Å². The monoisotopic (exact) mass is 1890 g/mol. The van der Waals surface area contributed by atoms with Crippen molar-refractivity contribution in [1.29, 1.82) is 0 Å². The van der Waals surface area contributed by atoms with Crippen molar-refractivity contribution >= 4 is 89.6 Å². The van der Waals surface area contributed by atoms with E-state index < -0.39 is 0 Å². The molecule has 3 N–H and O–H groups in total. The predicted octanol–water partition coefficient (Wildman–Crippen LogP) is 24.7. The van der Waals surface area contributed by atoms with Gasteiger partial charge in [-0.25, -0.2) is 0 Å². The third kappa shape index (κ3) is 28.3. The number of amides is 7. The van der Waals surface area contributed by atoms with E-state index in [1.165, 1.54) is 123 Å². The molecule has 0 bridgehead atoms. The number of likely N-dealkylation sites (N-methyl/N-ethyl adjacent to an activating group) is 1. The van der Waals surface area contributed by atoms with Crippen LogP contribution in [0.1, 0.15) is 322 Å². The first-order valence-corrected chi connectivity index (χ1v) is 51.3. The van der Waals surface area contributed by atoms with E-state index in [0.29, 0.717) is 32.7 Å². The minimum absolute atomic E-state index is 0.0142. The third-order valence-electron chi connectivity index (χ3n) is 27.8. The van der Waals surface area contributed by atoms with Crippen molar-refractivity contribution in [3.63, 3.8) is 0 Å². The molecule has 0 aromatic heterocycles. The van der Waals surface area contributed by atoms with E-state index in [4.69, 9.17) is 4.74 Å². The highest BCUT2D eigenvalue weighted by atomic mass is 16.5. The van der Waals surface area contributed by atoms with E-state index in [9.17, 15) is 33.6 Å². The lowest BCUT2D eigenvalue weighted by atomic mass is 9.85. The van der Waals surface area contributed by atoms with Gasteiger partial charge in [-0.1, -0.05) is 298 Å². The van der Waals surface area contributed by atoms with Crippen molar-refractivity contribution < 1.29 is 38.3 Å². The quantitative estimate of drug-likeness (QED) is 0.115. The van der Waals surface area contributed by atoms with E-state index in [2.05, 4.69) is 314 Å². The SMILES string of the molecule is CC(C)(C)c1ccc2c(c1)C=C(C(=O)N1CCCC1)C2.CC(C)(C)c1ccc2c(c1)C=C(C(=O)N1CCCCC1)C2.CC(C)(C)c1ccc2c(c1)C=C(C(=O)N1CCOCC1)C2.CC(C)(C)c1ccc2c(c1)C=C(C(=O)Nc1ccccc1)C2.CC(C)NC(=O)C1=Cc2cc(C(C)(C)C)ccc2C1.CCCNC(=O)C1=Cc2cc(C(C)(C)C)ccc2C1.CN(C)C(=O)C1=Cc2cc(C(C)(C)C)ccc2C1. The lowest BCUT2D eigenvalue weighted by molar-refractivity contribution is -0.131. The van der Waals surface area contributed by atoms with Crippen LogP contribution >= 0.6 is 0 Å². The van der Waals surface area contributed by atoms with Crippen molar-refractivity contribution in [2.75, 3.05) is 78.4 Å². The molecule has 0 radical (unpaired) electrons. The number of para-hydroxylation sites is 1. The molecule has 18 rings (SSSR count). The van der Waals surface area contributed by atoms with Gasteiger partial charge in [0.15, 0.2) is 0 Å². The van der Waals surface area contributed by atoms with Crippen LogP contribution in [0.2, 0.25) is 0 Å². The number of hydrogen-bond donors (Lipinski definition) is 3. The number of likely N-dealkylation sites (tertiary alicyclic amines) is 2. The van der Waals surface area contributed by atoms with Crippen LogP contribution in [0, 0.1) is 0 Å². The first-order valence-electron chi connectivity index (χ1n) is 51.3. The van der Waals surface area contributed by atoms with Gasteiger partial charge in [-0.3, -0.25) is 33.6 Å². The van der Waals surface area contributed by atoms with Crippen LogP contribution in [0.5, 0.6) is 0 Å².